The zero-order chi connectivity index (χ0) is 25.4. The first-order valence-electron chi connectivity index (χ1n) is 12.0. The molecule has 0 aliphatic carbocycles. The van der Waals surface area contributed by atoms with Crippen molar-refractivity contribution in [2.75, 3.05) is 19.0 Å². The van der Waals surface area contributed by atoms with Gasteiger partial charge >= 0.3 is 0 Å². The van der Waals surface area contributed by atoms with E-state index in [0.717, 1.165) is 39.0 Å². The molecular weight excluding hydrogens is 464 g/mol. The number of nitrogens with zero attached hydrogens (tertiary/aromatic N) is 2. The zero-order valence-corrected chi connectivity index (χ0v) is 20.1. The van der Waals surface area contributed by atoms with E-state index in [9.17, 15) is 9.59 Å². The predicted octanol–water partition coefficient (Wildman–Crippen LogP) is 5.42. The van der Waals surface area contributed by atoms with E-state index in [1.807, 2.05) is 72.8 Å². The molecule has 37 heavy (non-hydrogen) atoms. The Hall–Kier alpha value is -4.91. The molecule has 2 N–H and O–H groups in total. The summed E-state index contributed by atoms with van der Waals surface area (Å²) in [5.41, 5.74) is 5.16. The molecule has 1 aliphatic heterocycles. The molecule has 6 rings (SSSR count). The molecular formula is C30H24N4O3. The van der Waals surface area contributed by atoms with Gasteiger partial charge in [0.15, 0.2) is 0 Å². The molecule has 1 atom stereocenters. The summed E-state index contributed by atoms with van der Waals surface area (Å²) < 4.78 is 5.48. The number of aromatic nitrogens is 2. The first-order valence-corrected chi connectivity index (χ1v) is 12.0. The first kappa shape index (κ1) is 22.5. The van der Waals surface area contributed by atoms with Crippen LogP contribution in [-0.2, 0) is 4.79 Å². The number of aromatic amines is 1. The summed E-state index contributed by atoms with van der Waals surface area (Å²) in [6.07, 6.45) is 1.61. The predicted molar refractivity (Wildman–Crippen MR) is 142 cm³/mol. The van der Waals surface area contributed by atoms with Crippen LogP contribution >= 0.6 is 0 Å². The van der Waals surface area contributed by atoms with Gasteiger partial charge in [0.1, 0.15) is 18.1 Å². The normalized spacial score (nSPS) is 14.6. The summed E-state index contributed by atoms with van der Waals surface area (Å²) in [5, 5.41) is 3.80. The molecule has 2 amide bonds. The van der Waals surface area contributed by atoms with E-state index in [1.54, 1.807) is 36.4 Å². The Morgan fingerprint density at radius 3 is 2.65 bits per heavy atom. The van der Waals surface area contributed by atoms with Crippen molar-refractivity contribution < 1.29 is 14.3 Å². The summed E-state index contributed by atoms with van der Waals surface area (Å²) in [6.45, 7) is -0.119. The van der Waals surface area contributed by atoms with Crippen LogP contribution in [0.25, 0.3) is 22.2 Å². The number of methoxy groups -OCH3 is 1. The van der Waals surface area contributed by atoms with Gasteiger partial charge in [-0.1, -0.05) is 54.6 Å². The molecule has 1 unspecified atom stereocenters. The van der Waals surface area contributed by atoms with E-state index in [-0.39, 0.29) is 18.4 Å². The lowest BCUT2D eigenvalue weighted by atomic mass is 9.93. The topological polar surface area (TPSA) is 87.3 Å². The van der Waals surface area contributed by atoms with Gasteiger partial charge in [-0.3, -0.25) is 9.59 Å². The van der Waals surface area contributed by atoms with Crippen molar-refractivity contribution in [2.24, 2.45) is 0 Å². The van der Waals surface area contributed by atoms with Crippen molar-refractivity contribution in [3.63, 3.8) is 0 Å². The summed E-state index contributed by atoms with van der Waals surface area (Å²) >= 11 is 0. The van der Waals surface area contributed by atoms with Crippen LogP contribution in [0, 0.1) is 0 Å². The number of nitrogens with one attached hydrogen (secondary N) is 2. The number of carbonyl (C=O) groups is 2. The Labute approximate surface area is 213 Å². The Morgan fingerprint density at radius 2 is 1.81 bits per heavy atom. The fourth-order valence-corrected chi connectivity index (χ4v) is 5.07. The molecule has 0 saturated carbocycles. The van der Waals surface area contributed by atoms with Gasteiger partial charge in [-0.05, 0) is 42.0 Å². The molecule has 5 aromatic rings. The highest BCUT2D eigenvalue weighted by molar-refractivity contribution is 6.04. The van der Waals surface area contributed by atoms with Crippen LogP contribution in [0.15, 0.2) is 97.2 Å². The quantitative estimate of drug-likeness (QED) is 0.334. The van der Waals surface area contributed by atoms with Gasteiger partial charge in [-0.25, -0.2) is 4.98 Å². The number of benzene rings is 3. The van der Waals surface area contributed by atoms with Gasteiger partial charge in [0.25, 0.3) is 5.91 Å². The van der Waals surface area contributed by atoms with Gasteiger partial charge in [0, 0.05) is 33.8 Å². The third-order valence-electron chi connectivity index (χ3n) is 6.68. The highest BCUT2D eigenvalue weighted by atomic mass is 16.5. The van der Waals surface area contributed by atoms with E-state index in [1.165, 1.54) is 0 Å². The molecule has 0 spiro atoms. The van der Waals surface area contributed by atoms with E-state index >= 15 is 0 Å². The Balaban J connectivity index is 1.50. The Bertz CT molecular complexity index is 1630. The average Bonchev–Trinajstić information content (AvgIpc) is 3.44. The summed E-state index contributed by atoms with van der Waals surface area (Å²) in [5.74, 6) is 0.681. The molecule has 3 aromatic carbocycles. The van der Waals surface area contributed by atoms with E-state index in [2.05, 4.69) is 15.3 Å². The third-order valence-corrected chi connectivity index (χ3v) is 6.68. The number of ether oxygens (including phenoxy) is 1. The first-order chi connectivity index (χ1) is 18.1. The standard InChI is InChI=1S/C30H24N4O3/c1-37-20-10-8-9-19(17-20)28-27(23-13-4-5-14-24(23)32-28)29-21-11-2-3-12-22(21)30(36)34(29)18-26(35)33-25-15-6-7-16-31-25/h2-17,29,32H,18H2,1H3,(H,31,33,35). The van der Waals surface area contributed by atoms with Gasteiger partial charge in [-0.2, -0.15) is 0 Å². The number of fused-ring (bicyclic) bond motifs is 2. The fourth-order valence-electron chi connectivity index (χ4n) is 5.07. The largest absolute Gasteiger partial charge is 0.497 e. The van der Waals surface area contributed by atoms with Crippen LogP contribution < -0.4 is 10.1 Å². The monoisotopic (exact) mass is 488 g/mol. The number of H-pyrrole nitrogens is 1. The lowest BCUT2D eigenvalue weighted by molar-refractivity contribution is -0.117. The fraction of sp³-hybridized carbons (Fsp3) is 0.100. The number of hydrogen-bond donors (Lipinski definition) is 2. The molecule has 3 heterocycles. The van der Waals surface area contributed by atoms with Gasteiger partial charge in [-0.15, -0.1) is 0 Å². The number of carbonyl (C=O) groups excluding carboxylic acids is 2. The Morgan fingerprint density at radius 1 is 1.00 bits per heavy atom. The summed E-state index contributed by atoms with van der Waals surface area (Å²) in [4.78, 5) is 36.2. The highest BCUT2D eigenvalue weighted by Gasteiger charge is 2.41. The molecule has 0 bridgehead atoms. The van der Waals surface area contributed by atoms with Crippen LogP contribution in [0.5, 0.6) is 5.75 Å². The number of para-hydroxylation sites is 1. The molecule has 1 aliphatic rings. The van der Waals surface area contributed by atoms with Crippen molar-refractivity contribution in [3.05, 3.63) is 114 Å². The number of amides is 2. The Kier molecular flexibility index (Phi) is 5.65. The minimum Gasteiger partial charge on any atom is -0.497 e. The number of pyridine rings is 1. The van der Waals surface area contributed by atoms with Crippen molar-refractivity contribution in [1.82, 2.24) is 14.9 Å². The molecule has 0 fully saturated rings. The van der Waals surface area contributed by atoms with Crippen molar-refractivity contribution in [1.29, 1.82) is 0 Å². The van der Waals surface area contributed by atoms with E-state index in [4.69, 9.17) is 4.74 Å². The van der Waals surface area contributed by atoms with E-state index < -0.39 is 6.04 Å². The maximum absolute atomic E-state index is 13.7. The second-order valence-corrected chi connectivity index (χ2v) is 8.88. The molecule has 0 saturated heterocycles. The molecule has 0 radical (unpaired) electrons. The lowest BCUT2D eigenvalue weighted by Crippen LogP contribution is -2.36. The summed E-state index contributed by atoms with van der Waals surface area (Å²) in [6, 6.07) is 28.2. The zero-order valence-electron chi connectivity index (χ0n) is 20.1. The third kappa shape index (κ3) is 4.00. The van der Waals surface area contributed by atoms with Crippen molar-refractivity contribution >= 4 is 28.5 Å². The van der Waals surface area contributed by atoms with Gasteiger partial charge in [0.05, 0.1) is 18.8 Å². The van der Waals surface area contributed by atoms with Crippen LogP contribution in [0.1, 0.15) is 27.5 Å². The number of anilines is 1. The average molecular weight is 489 g/mol. The molecule has 182 valence electrons. The number of rotatable bonds is 6. The second kappa shape index (κ2) is 9.28. The van der Waals surface area contributed by atoms with Crippen molar-refractivity contribution in [3.8, 4) is 17.0 Å². The maximum Gasteiger partial charge on any atom is 0.255 e. The SMILES string of the molecule is COc1cccc(-c2[nH]c3ccccc3c2C2c3ccccc3C(=O)N2CC(=O)Nc2ccccn2)c1. The van der Waals surface area contributed by atoms with Crippen LogP contribution in [0.4, 0.5) is 5.82 Å². The number of hydrogen-bond acceptors (Lipinski definition) is 4. The molecule has 7 heteroatoms. The van der Waals surface area contributed by atoms with Crippen LogP contribution in [-0.4, -0.2) is 40.3 Å². The minimum absolute atomic E-state index is 0.119. The van der Waals surface area contributed by atoms with E-state index in [0.29, 0.717) is 11.4 Å². The maximum atomic E-state index is 13.7. The second-order valence-electron chi connectivity index (χ2n) is 8.88. The molecule has 7 nitrogen and oxygen atoms in total. The smallest absolute Gasteiger partial charge is 0.255 e. The van der Waals surface area contributed by atoms with Gasteiger partial charge in [0.2, 0.25) is 5.91 Å². The minimum atomic E-state index is -0.462. The highest BCUT2D eigenvalue weighted by Crippen LogP contribution is 2.45. The lowest BCUT2D eigenvalue weighted by Gasteiger charge is -2.26. The van der Waals surface area contributed by atoms with Crippen LogP contribution in [0.3, 0.4) is 0 Å². The van der Waals surface area contributed by atoms with Crippen molar-refractivity contribution in [2.45, 2.75) is 6.04 Å². The van der Waals surface area contributed by atoms with Crippen LogP contribution in [0.2, 0.25) is 0 Å². The molecule has 2 aromatic heterocycles. The summed E-state index contributed by atoms with van der Waals surface area (Å²) in [7, 11) is 1.64. The van der Waals surface area contributed by atoms with Gasteiger partial charge < -0.3 is 19.9 Å².